The predicted molar refractivity (Wildman–Crippen MR) is 33.5 cm³/mol. The summed E-state index contributed by atoms with van der Waals surface area (Å²) in [6.45, 7) is 3.46. The van der Waals surface area contributed by atoms with Gasteiger partial charge in [0, 0.05) is 5.38 Å². The summed E-state index contributed by atoms with van der Waals surface area (Å²) in [5.41, 5.74) is 0.511. The number of thiazole rings is 1. The van der Waals surface area contributed by atoms with Crippen molar-refractivity contribution >= 4 is 17.3 Å². The third-order valence-corrected chi connectivity index (χ3v) is 1.61. The van der Waals surface area contributed by atoms with Gasteiger partial charge in [-0.15, -0.1) is 11.3 Å². The van der Waals surface area contributed by atoms with Crippen molar-refractivity contribution in [3.8, 4) is 0 Å². The zero-order valence-electron chi connectivity index (χ0n) is 4.50. The summed E-state index contributed by atoms with van der Waals surface area (Å²) in [6.07, 6.45) is 0. The minimum atomic E-state index is -0.991. The van der Waals surface area contributed by atoms with E-state index in [4.69, 9.17) is 5.11 Å². The van der Waals surface area contributed by atoms with Gasteiger partial charge in [0.15, 0.2) is 0 Å². The van der Waals surface area contributed by atoms with Crippen LogP contribution in [0, 0.1) is 6.92 Å². The minimum Gasteiger partial charge on any atom is -0.476 e. The third kappa shape index (κ3) is 1.26. The topological polar surface area (TPSA) is 50.2 Å². The molecule has 9 heavy (non-hydrogen) atoms. The molecule has 0 atom stereocenters. The van der Waals surface area contributed by atoms with E-state index in [2.05, 4.69) is 11.9 Å². The van der Waals surface area contributed by atoms with Crippen LogP contribution in [0.15, 0.2) is 5.38 Å². The van der Waals surface area contributed by atoms with Crippen LogP contribution in [-0.4, -0.2) is 16.1 Å². The number of aromatic nitrogens is 1. The lowest BCUT2D eigenvalue weighted by atomic mass is 10.6. The van der Waals surface area contributed by atoms with E-state index in [1.807, 2.05) is 0 Å². The highest BCUT2D eigenvalue weighted by Gasteiger charge is 2.04. The Morgan fingerprint density at radius 2 is 2.56 bits per heavy atom. The Labute approximate surface area is 56.0 Å². The lowest BCUT2D eigenvalue weighted by molar-refractivity contribution is 0.0696. The Bertz CT molecular complexity index is 231. The molecule has 1 aromatic rings. The molecule has 47 valence electrons. The van der Waals surface area contributed by atoms with Gasteiger partial charge in [0.2, 0.25) is 5.01 Å². The van der Waals surface area contributed by atoms with Gasteiger partial charge in [-0.3, -0.25) is 0 Å². The van der Waals surface area contributed by atoms with Gasteiger partial charge < -0.3 is 5.11 Å². The highest BCUT2D eigenvalue weighted by Crippen LogP contribution is 2.07. The molecule has 0 fully saturated rings. The zero-order valence-corrected chi connectivity index (χ0v) is 5.31. The average Bonchev–Trinajstić information content (AvgIpc) is 2.14. The van der Waals surface area contributed by atoms with Gasteiger partial charge in [-0.25, -0.2) is 9.78 Å². The Morgan fingerprint density at radius 1 is 1.89 bits per heavy atom. The molecular weight excluding hydrogens is 138 g/mol. The van der Waals surface area contributed by atoms with Crippen LogP contribution in [0.1, 0.15) is 15.5 Å². The Hall–Kier alpha value is -0.900. The second kappa shape index (κ2) is 2.14. The molecule has 0 amide bonds. The van der Waals surface area contributed by atoms with Crippen LogP contribution in [0.4, 0.5) is 0 Å². The molecule has 0 aliphatic carbocycles. The van der Waals surface area contributed by atoms with Crippen LogP contribution in [0.5, 0.6) is 0 Å². The number of carbonyl (C=O) groups is 1. The SMILES string of the molecule is [CH2]c1csc(C(=O)O)n1. The fraction of sp³-hybridized carbons (Fsp3) is 0. The van der Waals surface area contributed by atoms with Crippen molar-refractivity contribution in [2.45, 2.75) is 0 Å². The van der Waals surface area contributed by atoms with Crippen LogP contribution in [0.2, 0.25) is 0 Å². The van der Waals surface area contributed by atoms with Crippen molar-refractivity contribution in [3.05, 3.63) is 23.0 Å². The van der Waals surface area contributed by atoms with E-state index >= 15 is 0 Å². The summed E-state index contributed by atoms with van der Waals surface area (Å²) in [7, 11) is 0. The van der Waals surface area contributed by atoms with E-state index in [9.17, 15) is 4.79 Å². The molecule has 0 aromatic carbocycles. The largest absolute Gasteiger partial charge is 0.476 e. The highest BCUT2D eigenvalue weighted by molar-refractivity contribution is 7.11. The number of nitrogens with zero attached hydrogens (tertiary/aromatic N) is 1. The lowest BCUT2D eigenvalue weighted by Gasteiger charge is -1.78. The van der Waals surface area contributed by atoms with E-state index in [1.54, 1.807) is 5.38 Å². The van der Waals surface area contributed by atoms with Crippen LogP contribution in [0.3, 0.4) is 0 Å². The molecule has 0 saturated heterocycles. The summed E-state index contributed by atoms with van der Waals surface area (Å²) in [5.74, 6) is -0.991. The number of rotatable bonds is 1. The summed E-state index contributed by atoms with van der Waals surface area (Å²) in [4.78, 5) is 13.8. The Kier molecular flexibility index (Phi) is 1.48. The zero-order chi connectivity index (χ0) is 6.85. The first-order chi connectivity index (χ1) is 4.20. The summed E-state index contributed by atoms with van der Waals surface area (Å²) in [6, 6.07) is 0. The van der Waals surface area contributed by atoms with Crippen LogP contribution in [-0.2, 0) is 0 Å². The van der Waals surface area contributed by atoms with Crippen LogP contribution >= 0.6 is 11.3 Å². The normalized spacial score (nSPS) is 9.44. The number of hydrogen-bond acceptors (Lipinski definition) is 3. The van der Waals surface area contributed by atoms with Crippen LogP contribution in [0.25, 0.3) is 0 Å². The van der Waals surface area contributed by atoms with Gasteiger partial charge in [-0.2, -0.15) is 0 Å². The Morgan fingerprint density at radius 3 is 2.78 bits per heavy atom. The van der Waals surface area contributed by atoms with Crippen LogP contribution < -0.4 is 0 Å². The van der Waals surface area contributed by atoms with Gasteiger partial charge in [0.1, 0.15) is 0 Å². The lowest BCUT2D eigenvalue weighted by Crippen LogP contribution is -1.93. The maximum Gasteiger partial charge on any atom is 0.365 e. The molecule has 1 heterocycles. The van der Waals surface area contributed by atoms with Crippen molar-refractivity contribution in [1.29, 1.82) is 0 Å². The van der Waals surface area contributed by atoms with E-state index < -0.39 is 5.97 Å². The molecule has 4 heteroatoms. The molecule has 0 spiro atoms. The fourth-order valence-corrected chi connectivity index (χ4v) is 0.976. The first-order valence-corrected chi connectivity index (χ1v) is 3.09. The van der Waals surface area contributed by atoms with Gasteiger partial charge >= 0.3 is 5.97 Å². The summed E-state index contributed by atoms with van der Waals surface area (Å²) in [5, 5.41) is 10.0. The van der Waals surface area contributed by atoms with Gasteiger partial charge in [0.25, 0.3) is 0 Å². The number of hydrogen-bond donors (Lipinski definition) is 1. The highest BCUT2D eigenvalue weighted by atomic mass is 32.1. The second-order valence-corrected chi connectivity index (χ2v) is 2.31. The van der Waals surface area contributed by atoms with E-state index in [0.29, 0.717) is 5.69 Å². The molecule has 0 bridgehead atoms. The molecule has 1 radical (unpaired) electrons. The van der Waals surface area contributed by atoms with Gasteiger partial charge in [-0.1, -0.05) is 0 Å². The van der Waals surface area contributed by atoms with Crippen molar-refractivity contribution in [2.75, 3.05) is 0 Å². The van der Waals surface area contributed by atoms with E-state index in [0.717, 1.165) is 11.3 Å². The van der Waals surface area contributed by atoms with Crippen molar-refractivity contribution in [1.82, 2.24) is 4.98 Å². The molecule has 1 rings (SSSR count). The molecular formula is C5H4NO2S. The molecule has 1 N–H and O–H groups in total. The molecule has 0 saturated carbocycles. The van der Waals surface area contributed by atoms with Crippen molar-refractivity contribution < 1.29 is 9.90 Å². The van der Waals surface area contributed by atoms with Gasteiger partial charge in [0.05, 0.1) is 5.69 Å². The molecule has 3 nitrogen and oxygen atoms in total. The molecule has 1 aromatic heterocycles. The third-order valence-electron chi connectivity index (χ3n) is 0.735. The van der Waals surface area contributed by atoms with Gasteiger partial charge in [-0.05, 0) is 6.92 Å². The maximum absolute atomic E-state index is 10.1. The first-order valence-electron chi connectivity index (χ1n) is 2.21. The quantitative estimate of drug-likeness (QED) is 0.637. The number of carboxylic acids is 1. The average molecular weight is 142 g/mol. The fourth-order valence-electron chi connectivity index (χ4n) is 0.405. The molecule has 0 aliphatic rings. The molecule has 0 aliphatic heterocycles. The molecule has 0 unspecified atom stereocenters. The first kappa shape index (κ1) is 6.22. The predicted octanol–water partition coefficient (Wildman–Crippen LogP) is 1.02. The monoisotopic (exact) mass is 142 g/mol. The summed E-state index contributed by atoms with van der Waals surface area (Å²) < 4.78 is 0. The van der Waals surface area contributed by atoms with Crippen molar-refractivity contribution in [2.24, 2.45) is 0 Å². The second-order valence-electron chi connectivity index (χ2n) is 1.45. The standard InChI is InChI=1S/C5H4NO2S/c1-3-2-9-4(6-3)5(7)8/h2H,1H2,(H,7,8). The number of aromatic carboxylic acids is 1. The smallest absolute Gasteiger partial charge is 0.365 e. The summed E-state index contributed by atoms with van der Waals surface area (Å²) >= 11 is 1.08. The minimum absolute atomic E-state index is 0.0972. The van der Waals surface area contributed by atoms with E-state index in [1.165, 1.54) is 0 Å². The Balaban J connectivity index is 2.98. The van der Waals surface area contributed by atoms with Crippen molar-refractivity contribution in [3.63, 3.8) is 0 Å². The van der Waals surface area contributed by atoms with E-state index in [-0.39, 0.29) is 5.01 Å². The maximum atomic E-state index is 10.1. The number of carboxylic acid groups (broad SMARTS) is 1.